The van der Waals surface area contributed by atoms with Gasteiger partial charge in [0.1, 0.15) is 0 Å². The van der Waals surface area contributed by atoms with Gasteiger partial charge >= 0.3 is 0 Å². The Balaban J connectivity index is 2.03. The third-order valence-electron chi connectivity index (χ3n) is 4.15. The fourth-order valence-corrected chi connectivity index (χ4v) is 3.25. The largest absolute Gasteiger partial charge is 0.385 e. The number of carbonyl (C=O) groups excluding carboxylic acids is 1. The van der Waals surface area contributed by atoms with Crippen LogP contribution in [0.1, 0.15) is 39.7 Å². The highest BCUT2D eigenvalue weighted by atomic mass is 32.2. The first-order valence-electron chi connectivity index (χ1n) is 8.98. The van der Waals surface area contributed by atoms with Crippen molar-refractivity contribution in [2.24, 2.45) is 0 Å². The number of aromatic nitrogens is 3. The van der Waals surface area contributed by atoms with Crippen molar-refractivity contribution >= 4 is 17.7 Å². The van der Waals surface area contributed by atoms with Gasteiger partial charge < -0.3 is 15.9 Å². The molecule has 7 nitrogen and oxygen atoms in total. The minimum Gasteiger partial charge on any atom is -0.385 e. The molecule has 0 saturated carbocycles. The number of nitrogens with one attached hydrogen (secondary N) is 1. The van der Waals surface area contributed by atoms with Gasteiger partial charge in [-0.25, -0.2) is 4.68 Å². The molecule has 1 amide bonds. The van der Waals surface area contributed by atoms with Crippen LogP contribution in [0.5, 0.6) is 0 Å². The van der Waals surface area contributed by atoms with E-state index in [2.05, 4.69) is 48.4 Å². The summed E-state index contributed by atoms with van der Waals surface area (Å²) in [5.41, 5.74) is 2.21. The zero-order valence-electron chi connectivity index (χ0n) is 16.7. The average molecular weight is 392 g/mol. The molecule has 1 atom stereocenters. The van der Waals surface area contributed by atoms with Crippen LogP contribution in [-0.4, -0.2) is 46.3 Å². The summed E-state index contributed by atoms with van der Waals surface area (Å²) in [6.45, 7) is 9.54. The lowest BCUT2D eigenvalue weighted by molar-refractivity contribution is -0.120. The van der Waals surface area contributed by atoms with Crippen molar-refractivity contribution in [3.63, 3.8) is 0 Å². The Hall–Kier alpha value is -2.06. The number of thioether (sulfide) groups is 1. The molecule has 1 heterocycles. The van der Waals surface area contributed by atoms with Crippen molar-refractivity contribution < 1.29 is 9.53 Å². The van der Waals surface area contributed by atoms with Gasteiger partial charge in [0, 0.05) is 25.8 Å². The molecular formula is C19H29N5O2S. The van der Waals surface area contributed by atoms with Gasteiger partial charge in [0.2, 0.25) is 11.1 Å². The molecule has 1 unspecified atom stereocenters. The van der Waals surface area contributed by atoms with Crippen LogP contribution in [0.3, 0.4) is 0 Å². The number of nitrogens with two attached hydrogens (primary N) is 1. The van der Waals surface area contributed by atoms with Crippen LogP contribution in [0, 0.1) is 0 Å². The normalized spacial score (nSPS) is 12.8. The molecule has 2 rings (SSSR count). The molecule has 0 saturated heterocycles. The Labute approximate surface area is 165 Å². The highest BCUT2D eigenvalue weighted by molar-refractivity contribution is 8.00. The molecular weight excluding hydrogens is 362 g/mol. The summed E-state index contributed by atoms with van der Waals surface area (Å²) in [4.78, 5) is 12.2. The maximum atomic E-state index is 12.2. The van der Waals surface area contributed by atoms with E-state index in [1.165, 1.54) is 22.0 Å². The third kappa shape index (κ3) is 5.71. The number of benzene rings is 1. The SMILES string of the molecule is COCCCNC(=O)C(C)Sc1nnc(-c2ccc(C(C)(C)C)cc2)n1N. The van der Waals surface area contributed by atoms with Gasteiger partial charge in [0.25, 0.3) is 0 Å². The van der Waals surface area contributed by atoms with Crippen molar-refractivity contribution in [1.29, 1.82) is 0 Å². The van der Waals surface area contributed by atoms with E-state index in [-0.39, 0.29) is 16.6 Å². The number of hydrogen-bond acceptors (Lipinski definition) is 6. The first kappa shape index (κ1) is 21.2. The monoisotopic (exact) mass is 391 g/mol. The van der Waals surface area contributed by atoms with Crippen LogP contribution in [0.25, 0.3) is 11.4 Å². The molecule has 0 spiro atoms. The molecule has 27 heavy (non-hydrogen) atoms. The molecule has 1 aromatic heterocycles. The van der Waals surface area contributed by atoms with E-state index in [4.69, 9.17) is 10.6 Å². The van der Waals surface area contributed by atoms with Crippen LogP contribution in [-0.2, 0) is 14.9 Å². The number of hydrogen-bond donors (Lipinski definition) is 2. The summed E-state index contributed by atoms with van der Waals surface area (Å²) in [6.07, 6.45) is 0.779. The molecule has 3 N–H and O–H groups in total. The lowest BCUT2D eigenvalue weighted by Crippen LogP contribution is -2.32. The lowest BCUT2D eigenvalue weighted by atomic mass is 9.87. The van der Waals surface area contributed by atoms with Crippen molar-refractivity contribution in [1.82, 2.24) is 20.2 Å². The Kier molecular flexibility index (Phi) is 7.26. The first-order valence-corrected chi connectivity index (χ1v) is 9.86. The molecule has 0 aliphatic carbocycles. The number of rotatable bonds is 8. The molecule has 1 aromatic carbocycles. The van der Waals surface area contributed by atoms with Gasteiger partial charge in [-0.15, -0.1) is 10.2 Å². The first-order chi connectivity index (χ1) is 12.7. The van der Waals surface area contributed by atoms with Gasteiger partial charge in [-0.3, -0.25) is 4.79 Å². The van der Waals surface area contributed by atoms with Gasteiger partial charge in [0.05, 0.1) is 5.25 Å². The van der Waals surface area contributed by atoms with E-state index in [0.29, 0.717) is 24.1 Å². The lowest BCUT2D eigenvalue weighted by Gasteiger charge is -2.19. The van der Waals surface area contributed by atoms with Crippen molar-refractivity contribution in [3.05, 3.63) is 29.8 Å². The smallest absolute Gasteiger partial charge is 0.233 e. The fraction of sp³-hybridized carbons (Fsp3) is 0.526. The number of nitrogen functional groups attached to an aromatic ring is 1. The summed E-state index contributed by atoms with van der Waals surface area (Å²) in [6, 6.07) is 8.14. The van der Waals surface area contributed by atoms with E-state index >= 15 is 0 Å². The van der Waals surface area contributed by atoms with E-state index in [1.807, 2.05) is 19.1 Å². The van der Waals surface area contributed by atoms with Gasteiger partial charge in [-0.1, -0.05) is 56.8 Å². The highest BCUT2D eigenvalue weighted by Gasteiger charge is 2.20. The Bertz CT molecular complexity index is 752. The molecule has 8 heteroatoms. The topological polar surface area (TPSA) is 95.1 Å². The van der Waals surface area contributed by atoms with Gasteiger partial charge in [-0.05, 0) is 24.3 Å². The quantitative estimate of drug-likeness (QED) is 0.408. The highest BCUT2D eigenvalue weighted by Crippen LogP contribution is 2.27. The predicted molar refractivity (Wildman–Crippen MR) is 109 cm³/mol. The number of methoxy groups -OCH3 is 1. The molecule has 0 aliphatic heterocycles. The average Bonchev–Trinajstić information content (AvgIpc) is 2.98. The zero-order chi connectivity index (χ0) is 20.0. The predicted octanol–water partition coefficient (Wildman–Crippen LogP) is 2.59. The number of ether oxygens (including phenoxy) is 1. The molecule has 0 radical (unpaired) electrons. The van der Waals surface area contributed by atoms with E-state index in [0.717, 1.165) is 12.0 Å². The van der Waals surface area contributed by atoms with Crippen LogP contribution < -0.4 is 11.2 Å². The Morgan fingerprint density at radius 1 is 1.30 bits per heavy atom. The van der Waals surface area contributed by atoms with Gasteiger partial charge in [0.15, 0.2) is 5.82 Å². The summed E-state index contributed by atoms with van der Waals surface area (Å²) >= 11 is 1.29. The molecule has 0 fully saturated rings. The van der Waals surface area contributed by atoms with Crippen molar-refractivity contribution in [2.75, 3.05) is 26.1 Å². The summed E-state index contributed by atoms with van der Waals surface area (Å²) in [5.74, 6) is 6.68. The van der Waals surface area contributed by atoms with E-state index in [9.17, 15) is 4.79 Å². The number of amides is 1. The molecule has 0 aliphatic rings. The summed E-state index contributed by atoms with van der Waals surface area (Å²) in [5, 5.41) is 11.4. The third-order valence-corrected chi connectivity index (χ3v) is 5.21. The maximum Gasteiger partial charge on any atom is 0.233 e. The summed E-state index contributed by atoms with van der Waals surface area (Å²) < 4.78 is 6.41. The second-order valence-electron chi connectivity index (χ2n) is 7.40. The Morgan fingerprint density at radius 3 is 2.56 bits per heavy atom. The van der Waals surface area contributed by atoms with Crippen LogP contribution in [0.4, 0.5) is 0 Å². The standard InChI is InChI=1S/C19H29N5O2S/c1-13(17(25)21-11-6-12-26-5)27-18-23-22-16(24(18)20)14-7-9-15(10-8-14)19(2,3)4/h7-10,13H,6,11-12,20H2,1-5H3,(H,21,25). The minimum absolute atomic E-state index is 0.0600. The second-order valence-corrected chi connectivity index (χ2v) is 8.71. The van der Waals surface area contributed by atoms with Gasteiger partial charge in [-0.2, -0.15) is 0 Å². The molecule has 148 valence electrons. The summed E-state index contributed by atoms with van der Waals surface area (Å²) in [7, 11) is 1.64. The van der Waals surface area contributed by atoms with Crippen LogP contribution in [0.15, 0.2) is 29.4 Å². The van der Waals surface area contributed by atoms with E-state index in [1.54, 1.807) is 7.11 Å². The van der Waals surface area contributed by atoms with Crippen molar-refractivity contribution in [3.8, 4) is 11.4 Å². The second kappa shape index (κ2) is 9.23. The fourth-order valence-electron chi connectivity index (χ4n) is 2.46. The number of carbonyl (C=O) groups is 1. The van der Waals surface area contributed by atoms with Crippen molar-refractivity contribution in [2.45, 2.75) is 49.9 Å². The molecule has 2 aromatic rings. The maximum absolute atomic E-state index is 12.2. The van der Waals surface area contributed by atoms with E-state index < -0.39 is 0 Å². The van der Waals surface area contributed by atoms with Crippen LogP contribution >= 0.6 is 11.8 Å². The zero-order valence-corrected chi connectivity index (χ0v) is 17.5. The van der Waals surface area contributed by atoms with Crippen LogP contribution in [0.2, 0.25) is 0 Å². The number of nitrogens with zero attached hydrogens (tertiary/aromatic N) is 3. The Morgan fingerprint density at radius 2 is 1.96 bits per heavy atom. The molecule has 0 bridgehead atoms. The minimum atomic E-state index is -0.324.